The Morgan fingerprint density at radius 3 is 2.21 bits per heavy atom. The molecule has 166 valence electrons. The number of phenolic OH excluding ortho intramolecular Hbond substituents is 1. The summed E-state index contributed by atoms with van der Waals surface area (Å²) in [6.07, 6.45) is 0.466. The fourth-order valence-corrected chi connectivity index (χ4v) is 3.90. The van der Waals surface area contributed by atoms with Crippen molar-refractivity contribution < 1.29 is 23.4 Å². The molecule has 5 rings (SSSR count). The normalized spacial score (nSPS) is 17.9. The van der Waals surface area contributed by atoms with Crippen molar-refractivity contribution in [2.75, 3.05) is 4.90 Å². The van der Waals surface area contributed by atoms with Gasteiger partial charge in [0, 0.05) is 11.3 Å². The van der Waals surface area contributed by atoms with Crippen LogP contribution in [0.1, 0.15) is 11.6 Å². The number of aromatic nitrogens is 3. The van der Waals surface area contributed by atoms with E-state index in [1.165, 1.54) is 53.4 Å². The highest BCUT2D eigenvalue weighted by atomic mass is 19.1. The number of nitrogens with zero attached hydrogens (tertiary/aromatic N) is 4. The van der Waals surface area contributed by atoms with Gasteiger partial charge in [0.05, 0.1) is 12.7 Å². The van der Waals surface area contributed by atoms with Gasteiger partial charge in [-0.15, -0.1) is 5.10 Å². The topological polar surface area (TPSA) is 80.5 Å². The summed E-state index contributed by atoms with van der Waals surface area (Å²) in [5.41, 5.74) is 2.46. The Labute approximate surface area is 187 Å². The largest absolute Gasteiger partial charge is 0.508 e. The molecule has 1 aliphatic heterocycles. The van der Waals surface area contributed by atoms with Gasteiger partial charge in [-0.05, 0) is 66.2 Å². The lowest BCUT2D eigenvalue weighted by molar-refractivity contribution is 0.117. The fraction of sp³-hybridized carbons (Fsp3) is 0.125. The average molecular weight is 448 g/mol. The van der Waals surface area contributed by atoms with E-state index in [2.05, 4.69) is 10.3 Å². The predicted octanol–water partition coefficient (Wildman–Crippen LogP) is 4.70. The molecule has 1 fully saturated rings. The molecule has 0 saturated carbocycles. The van der Waals surface area contributed by atoms with Gasteiger partial charge in [0.25, 0.3) is 0 Å². The van der Waals surface area contributed by atoms with E-state index in [1.54, 1.807) is 35.1 Å². The third-order valence-corrected chi connectivity index (χ3v) is 5.46. The number of hydrogen-bond donors (Lipinski definition) is 1. The van der Waals surface area contributed by atoms with E-state index in [1.807, 2.05) is 0 Å². The van der Waals surface area contributed by atoms with Crippen LogP contribution in [0.5, 0.6) is 5.75 Å². The zero-order valence-corrected chi connectivity index (χ0v) is 17.2. The number of phenols is 1. The lowest BCUT2D eigenvalue weighted by atomic mass is 10.00. The Balaban J connectivity index is 1.47. The van der Waals surface area contributed by atoms with Crippen LogP contribution in [0.25, 0.3) is 11.3 Å². The number of anilines is 1. The summed E-state index contributed by atoms with van der Waals surface area (Å²) >= 11 is 0. The number of hydrogen-bond acceptors (Lipinski definition) is 5. The van der Waals surface area contributed by atoms with Gasteiger partial charge in [0.15, 0.2) is 0 Å². The highest BCUT2D eigenvalue weighted by Gasteiger charge is 2.44. The molecular weight excluding hydrogens is 430 g/mol. The molecule has 2 atom stereocenters. The van der Waals surface area contributed by atoms with Crippen LogP contribution in [0.4, 0.5) is 19.3 Å². The minimum Gasteiger partial charge on any atom is -0.508 e. The highest BCUT2D eigenvalue weighted by Crippen LogP contribution is 2.38. The molecule has 0 radical (unpaired) electrons. The molecule has 1 amide bonds. The summed E-state index contributed by atoms with van der Waals surface area (Å²) in [5.74, 6) is -0.671. The van der Waals surface area contributed by atoms with E-state index in [4.69, 9.17) is 4.74 Å². The quantitative estimate of drug-likeness (QED) is 0.479. The van der Waals surface area contributed by atoms with Gasteiger partial charge >= 0.3 is 6.09 Å². The first kappa shape index (κ1) is 20.6. The number of rotatable bonds is 5. The Hall–Kier alpha value is -4.27. The smallest absolute Gasteiger partial charge is 0.415 e. The number of halogens is 2. The Bertz CT molecular complexity index is 1270. The molecule has 9 heteroatoms. The third kappa shape index (κ3) is 4.12. The first-order valence-corrected chi connectivity index (χ1v) is 10.2. The number of carbonyl (C=O) groups is 1. The molecule has 7 nitrogen and oxygen atoms in total. The molecule has 0 unspecified atom stereocenters. The number of ether oxygens (including phenoxy) is 1. The van der Waals surface area contributed by atoms with Gasteiger partial charge in [-0.1, -0.05) is 17.3 Å². The van der Waals surface area contributed by atoms with Gasteiger partial charge in [-0.25, -0.2) is 18.3 Å². The van der Waals surface area contributed by atoms with E-state index >= 15 is 0 Å². The molecule has 1 N–H and O–H groups in total. The molecule has 33 heavy (non-hydrogen) atoms. The molecule has 4 aromatic rings. The van der Waals surface area contributed by atoms with Gasteiger partial charge in [-0.3, -0.25) is 4.90 Å². The molecule has 1 aliphatic rings. The van der Waals surface area contributed by atoms with Crippen LogP contribution in [-0.2, 0) is 11.3 Å². The van der Waals surface area contributed by atoms with Crippen molar-refractivity contribution in [2.24, 2.45) is 0 Å². The Morgan fingerprint density at radius 1 is 0.909 bits per heavy atom. The molecule has 1 saturated heterocycles. The second-order valence-corrected chi connectivity index (χ2v) is 7.64. The van der Waals surface area contributed by atoms with Crippen molar-refractivity contribution in [1.29, 1.82) is 0 Å². The van der Waals surface area contributed by atoms with Gasteiger partial charge in [0.1, 0.15) is 35.2 Å². The van der Waals surface area contributed by atoms with Gasteiger partial charge in [-0.2, -0.15) is 0 Å². The van der Waals surface area contributed by atoms with Crippen LogP contribution in [0.3, 0.4) is 0 Å². The van der Waals surface area contributed by atoms with Crippen LogP contribution >= 0.6 is 0 Å². The molecule has 0 aliphatic carbocycles. The summed E-state index contributed by atoms with van der Waals surface area (Å²) < 4.78 is 33.9. The van der Waals surface area contributed by atoms with E-state index in [9.17, 15) is 18.7 Å². The first-order valence-electron chi connectivity index (χ1n) is 10.2. The van der Waals surface area contributed by atoms with Crippen LogP contribution in [-0.4, -0.2) is 32.3 Å². The van der Waals surface area contributed by atoms with Crippen molar-refractivity contribution in [3.8, 4) is 17.0 Å². The van der Waals surface area contributed by atoms with Crippen LogP contribution in [0, 0.1) is 11.6 Å². The van der Waals surface area contributed by atoms with Crippen molar-refractivity contribution >= 4 is 11.8 Å². The standard InChI is InChI=1S/C24H18F2N4O3/c25-17-5-1-15(2-6-17)21-13-29(28-27-21)14-22-23(16-3-11-20(31)12-4-16)30(24(32)33-22)19-9-7-18(26)8-10-19/h1-13,22-23,31H,14H2/t22-,23-/m1/s1. The second-order valence-electron chi connectivity index (χ2n) is 7.64. The number of cyclic esters (lactones) is 1. The predicted molar refractivity (Wildman–Crippen MR) is 115 cm³/mol. The number of benzene rings is 3. The van der Waals surface area contributed by atoms with Crippen LogP contribution < -0.4 is 4.90 Å². The maximum atomic E-state index is 13.5. The average Bonchev–Trinajstić information content (AvgIpc) is 3.40. The molecule has 0 spiro atoms. The van der Waals surface area contributed by atoms with Crippen LogP contribution in [0.15, 0.2) is 79.0 Å². The molecule has 3 aromatic carbocycles. The van der Waals surface area contributed by atoms with Crippen molar-refractivity contribution in [2.45, 2.75) is 18.7 Å². The first-order chi connectivity index (χ1) is 16.0. The summed E-state index contributed by atoms with van der Waals surface area (Å²) in [5, 5.41) is 18.0. The highest BCUT2D eigenvalue weighted by molar-refractivity contribution is 5.91. The molecular formula is C24H18F2N4O3. The molecule has 2 heterocycles. The van der Waals surface area contributed by atoms with Crippen LogP contribution in [0.2, 0.25) is 0 Å². The molecule has 0 bridgehead atoms. The number of amides is 1. The third-order valence-electron chi connectivity index (χ3n) is 5.46. The van der Waals surface area contributed by atoms with E-state index < -0.39 is 24.1 Å². The van der Waals surface area contributed by atoms with E-state index in [0.29, 0.717) is 16.9 Å². The van der Waals surface area contributed by atoms with Crippen molar-refractivity contribution in [1.82, 2.24) is 15.0 Å². The summed E-state index contributed by atoms with van der Waals surface area (Å²) in [4.78, 5) is 14.3. The zero-order chi connectivity index (χ0) is 22.9. The summed E-state index contributed by atoms with van der Waals surface area (Å²) in [6.45, 7) is 0.198. The number of aromatic hydroxyl groups is 1. The zero-order valence-electron chi connectivity index (χ0n) is 17.2. The van der Waals surface area contributed by atoms with Gasteiger partial charge in [0.2, 0.25) is 0 Å². The summed E-state index contributed by atoms with van der Waals surface area (Å²) in [6, 6.07) is 17.4. The van der Waals surface area contributed by atoms with E-state index in [0.717, 1.165) is 5.56 Å². The second kappa shape index (κ2) is 8.34. The van der Waals surface area contributed by atoms with Crippen molar-refractivity contribution in [3.63, 3.8) is 0 Å². The Morgan fingerprint density at radius 2 is 1.55 bits per heavy atom. The number of carbonyl (C=O) groups excluding carboxylic acids is 1. The minimum absolute atomic E-state index is 0.0917. The maximum absolute atomic E-state index is 13.5. The SMILES string of the molecule is O=C1O[C@H](Cn2cc(-c3ccc(F)cc3)nn2)[C@@H](c2ccc(O)cc2)N1c1ccc(F)cc1. The van der Waals surface area contributed by atoms with Gasteiger partial charge < -0.3 is 9.84 Å². The maximum Gasteiger partial charge on any atom is 0.415 e. The monoisotopic (exact) mass is 448 g/mol. The lowest BCUT2D eigenvalue weighted by Gasteiger charge is -2.25. The summed E-state index contributed by atoms with van der Waals surface area (Å²) in [7, 11) is 0. The van der Waals surface area contributed by atoms with Crippen molar-refractivity contribution in [3.05, 3.63) is 96.2 Å². The molecule has 1 aromatic heterocycles. The fourth-order valence-electron chi connectivity index (χ4n) is 3.90. The lowest BCUT2D eigenvalue weighted by Crippen LogP contribution is -2.31. The van der Waals surface area contributed by atoms with E-state index in [-0.39, 0.29) is 18.1 Å². The minimum atomic E-state index is -0.644. The Kier molecular flexibility index (Phi) is 5.21.